The van der Waals surface area contributed by atoms with Gasteiger partial charge in [-0.3, -0.25) is 4.79 Å². The van der Waals surface area contributed by atoms with E-state index in [0.717, 1.165) is 37.3 Å². The van der Waals surface area contributed by atoms with Crippen LogP contribution in [-0.2, 0) is 18.7 Å². The first kappa shape index (κ1) is 14.7. The van der Waals surface area contributed by atoms with Crippen LogP contribution in [0.3, 0.4) is 0 Å². The van der Waals surface area contributed by atoms with E-state index < -0.39 is 0 Å². The molecule has 0 amide bonds. The fourth-order valence-corrected chi connectivity index (χ4v) is 2.61. The average molecular weight is 294 g/mol. The van der Waals surface area contributed by atoms with E-state index in [1.807, 2.05) is 0 Å². The highest BCUT2D eigenvalue weighted by Crippen LogP contribution is 2.17. The van der Waals surface area contributed by atoms with Crippen molar-refractivity contribution in [2.75, 3.05) is 0 Å². The molecule has 0 aliphatic carbocycles. The minimum Gasteiger partial charge on any atom is -0.301 e. The highest BCUT2D eigenvalue weighted by Gasteiger charge is 2.08. The van der Waals surface area contributed by atoms with Crippen molar-refractivity contribution < 1.29 is 0 Å². The number of tetrazole rings is 1. The number of nitrogens with zero attached hydrogens (tertiary/aromatic N) is 5. The molecule has 0 fully saturated rings. The SMILES string of the molecule is CCCc1cc(=O)[nH]c(SCc2nnnn2CCC)n1. The number of thioether (sulfide) groups is 1. The molecule has 0 atom stereocenters. The molecule has 0 aliphatic heterocycles. The molecular weight excluding hydrogens is 276 g/mol. The van der Waals surface area contributed by atoms with Gasteiger partial charge in [-0.05, 0) is 23.3 Å². The smallest absolute Gasteiger partial charge is 0.251 e. The second kappa shape index (κ2) is 7.18. The third-order valence-corrected chi connectivity index (χ3v) is 3.53. The van der Waals surface area contributed by atoms with Crippen molar-refractivity contribution in [2.45, 2.75) is 50.6 Å². The van der Waals surface area contributed by atoms with Crippen LogP contribution in [0.25, 0.3) is 0 Å². The number of nitrogens with one attached hydrogen (secondary N) is 1. The predicted octanol–water partition coefficient (Wildman–Crippen LogP) is 1.41. The lowest BCUT2D eigenvalue weighted by molar-refractivity contribution is 0.564. The quantitative estimate of drug-likeness (QED) is 0.613. The van der Waals surface area contributed by atoms with Gasteiger partial charge in [0.25, 0.3) is 5.56 Å². The largest absolute Gasteiger partial charge is 0.301 e. The zero-order chi connectivity index (χ0) is 14.4. The Hall–Kier alpha value is -1.70. The highest BCUT2D eigenvalue weighted by molar-refractivity contribution is 7.98. The highest BCUT2D eigenvalue weighted by atomic mass is 32.2. The summed E-state index contributed by atoms with van der Waals surface area (Å²) in [4.78, 5) is 18.7. The Morgan fingerprint density at radius 3 is 2.95 bits per heavy atom. The second-order valence-electron chi connectivity index (χ2n) is 4.40. The molecule has 2 rings (SSSR count). The van der Waals surface area contributed by atoms with Crippen molar-refractivity contribution >= 4 is 11.8 Å². The summed E-state index contributed by atoms with van der Waals surface area (Å²) in [6, 6.07) is 1.55. The fraction of sp³-hybridized carbons (Fsp3) is 0.583. The topological polar surface area (TPSA) is 89.4 Å². The van der Waals surface area contributed by atoms with Crippen molar-refractivity contribution in [3.63, 3.8) is 0 Å². The maximum atomic E-state index is 11.6. The summed E-state index contributed by atoms with van der Waals surface area (Å²) in [6.45, 7) is 4.93. The Morgan fingerprint density at radius 1 is 1.35 bits per heavy atom. The first-order chi connectivity index (χ1) is 9.72. The number of hydrogen-bond donors (Lipinski definition) is 1. The van der Waals surface area contributed by atoms with Gasteiger partial charge < -0.3 is 4.98 Å². The molecule has 0 aliphatic rings. The van der Waals surface area contributed by atoms with Gasteiger partial charge in [-0.2, -0.15) is 0 Å². The molecule has 2 aromatic rings. The molecule has 0 saturated carbocycles. The van der Waals surface area contributed by atoms with Gasteiger partial charge in [0.1, 0.15) is 0 Å². The van der Waals surface area contributed by atoms with Crippen molar-refractivity contribution in [3.8, 4) is 0 Å². The zero-order valence-corrected chi connectivity index (χ0v) is 12.5. The van der Waals surface area contributed by atoms with Crippen molar-refractivity contribution in [2.24, 2.45) is 0 Å². The van der Waals surface area contributed by atoms with Crippen LogP contribution in [0.2, 0.25) is 0 Å². The Kier molecular flexibility index (Phi) is 5.28. The lowest BCUT2D eigenvalue weighted by Gasteiger charge is -2.04. The summed E-state index contributed by atoms with van der Waals surface area (Å²) in [7, 11) is 0. The third kappa shape index (κ3) is 3.89. The maximum Gasteiger partial charge on any atom is 0.251 e. The Morgan fingerprint density at radius 2 is 2.20 bits per heavy atom. The Labute approximate surface area is 121 Å². The van der Waals surface area contributed by atoms with Crippen molar-refractivity contribution in [1.82, 2.24) is 30.2 Å². The molecule has 0 saturated heterocycles. The van der Waals surface area contributed by atoms with Crippen molar-refractivity contribution in [3.05, 3.63) is 27.9 Å². The van der Waals surface area contributed by atoms with Gasteiger partial charge in [0.15, 0.2) is 11.0 Å². The summed E-state index contributed by atoms with van der Waals surface area (Å²) >= 11 is 1.44. The van der Waals surface area contributed by atoms with Gasteiger partial charge in [0, 0.05) is 18.3 Å². The molecule has 7 nitrogen and oxygen atoms in total. The van der Waals surface area contributed by atoms with E-state index in [2.05, 4.69) is 39.3 Å². The molecular formula is C12H18N6OS. The van der Waals surface area contributed by atoms with Gasteiger partial charge in [-0.1, -0.05) is 32.0 Å². The predicted molar refractivity (Wildman–Crippen MR) is 76.5 cm³/mol. The van der Waals surface area contributed by atoms with E-state index in [0.29, 0.717) is 10.9 Å². The molecule has 8 heteroatoms. The molecule has 2 heterocycles. The average Bonchev–Trinajstić information content (AvgIpc) is 2.84. The first-order valence-electron chi connectivity index (χ1n) is 6.71. The van der Waals surface area contributed by atoms with Gasteiger partial charge in [0.2, 0.25) is 0 Å². The van der Waals surface area contributed by atoms with Gasteiger partial charge >= 0.3 is 0 Å². The number of rotatable bonds is 7. The van der Waals surface area contributed by atoms with Crippen LogP contribution < -0.4 is 5.56 Å². The van der Waals surface area contributed by atoms with Gasteiger partial charge in [-0.15, -0.1) is 5.10 Å². The van der Waals surface area contributed by atoms with E-state index in [4.69, 9.17) is 0 Å². The van der Waals surface area contributed by atoms with Crippen LogP contribution in [-0.4, -0.2) is 30.2 Å². The lowest BCUT2D eigenvalue weighted by atomic mass is 10.2. The molecule has 0 aromatic carbocycles. The summed E-state index contributed by atoms with van der Waals surface area (Å²) in [5.41, 5.74) is 0.714. The Bertz CT molecular complexity index is 608. The normalized spacial score (nSPS) is 10.9. The van der Waals surface area contributed by atoms with Crippen LogP contribution in [0.4, 0.5) is 0 Å². The molecule has 0 unspecified atom stereocenters. The van der Waals surface area contributed by atoms with Gasteiger partial charge in [-0.25, -0.2) is 9.67 Å². The van der Waals surface area contributed by atoms with E-state index >= 15 is 0 Å². The molecule has 0 radical (unpaired) electrons. The minimum atomic E-state index is -0.112. The zero-order valence-electron chi connectivity index (χ0n) is 11.7. The standard InChI is InChI=1S/C12H18N6OS/c1-3-5-9-7-11(19)14-12(13-9)20-8-10-15-16-17-18(10)6-4-2/h7H,3-6,8H2,1-2H3,(H,13,14,19). The van der Waals surface area contributed by atoms with Crippen LogP contribution in [0, 0.1) is 0 Å². The monoisotopic (exact) mass is 294 g/mol. The number of aryl methyl sites for hydroxylation is 2. The summed E-state index contributed by atoms with van der Waals surface area (Å²) < 4.78 is 1.78. The second-order valence-corrected chi connectivity index (χ2v) is 5.36. The molecule has 0 bridgehead atoms. The molecule has 108 valence electrons. The number of aromatic amines is 1. The van der Waals surface area contributed by atoms with Crippen LogP contribution in [0.15, 0.2) is 16.0 Å². The number of hydrogen-bond acceptors (Lipinski definition) is 6. The number of H-pyrrole nitrogens is 1. The van der Waals surface area contributed by atoms with E-state index in [9.17, 15) is 4.79 Å². The minimum absolute atomic E-state index is 0.112. The first-order valence-corrected chi connectivity index (χ1v) is 7.69. The van der Waals surface area contributed by atoms with Crippen LogP contribution in [0.1, 0.15) is 38.2 Å². The van der Waals surface area contributed by atoms with Crippen LogP contribution in [0.5, 0.6) is 0 Å². The molecule has 20 heavy (non-hydrogen) atoms. The molecule has 1 N–H and O–H groups in total. The molecule has 2 aromatic heterocycles. The lowest BCUT2D eigenvalue weighted by Crippen LogP contribution is -2.10. The summed E-state index contributed by atoms with van der Waals surface area (Å²) in [5.74, 6) is 1.38. The Balaban J connectivity index is 2.06. The summed E-state index contributed by atoms with van der Waals surface area (Å²) in [5, 5.41) is 12.2. The number of aromatic nitrogens is 6. The van der Waals surface area contributed by atoms with E-state index in [-0.39, 0.29) is 5.56 Å². The van der Waals surface area contributed by atoms with Gasteiger partial charge in [0.05, 0.1) is 5.75 Å². The van der Waals surface area contributed by atoms with Crippen LogP contribution >= 0.6 is 11.8 Å². The maximum absolute atomic E-state index is 11.6. The van der Waals surface area contributed by atoms with Crippen molar-refractivity contribution in [1.29, 1.82) is 0 Å². The third-order valence-electron chi connectivity index (χ3n) is 2.66. The van der Waals surface area contributed by atoms with E-state index in [1.165, 1.54) is 11.8 Å². The van der Waals surface area contributed by atoms with E-state index in [1.54, 1.807) is 10.7 Å². The fourth-order valence-electron chi connectivity index (χ4n) is 1.78. The summed E-state index contributed by atoms with van der Waals surface area (Å²) in [6.07, 6.45) is 2.75. The molecule has 0 spiro atoms.